The lowest BCUT2D eigenvalue weighted by atomic mass is 10.1. The van der Waals surface area contributed by atoms with Crippen LogP contribution >= 0.6 is 27.5 Å². The standard InChI is InChI=1S/C26H18BrClF3N5O3S/c27-21-15-33-36-24(13-23(34-25(21)36)20-3-1-2-4-22(20)28)32-14-16-5-7-17(8-6-16)35-40(37,38)19-11-9-18(10-12-19)39-26(29,30)31/h1-13,15,32,35H,14H2. The van der Waals surface area contributed by atoms with E-state index in [-0.39, 0.29) is 10.6 Å². The molecule has 2 heterocycles. The fourth-order valence-electron chi connectivity index (χ4n) is 3.79. The van der Waals surface area contributed by atoms with Crippen LogP contribution in [-0.2, 0) is 16.6 Å². The van der Waals surface area contributed by atoms with Crippen LogP contribution < -0.4 is 14.8 Å². The van der Waals surface area contributed by atoms with E-state index in [1.54, 1.807) is 41.0 Å². The minimum atomic E-state index is -4.87. The van der Waals surface area contributed by atoms with E-state index in [9.17, 15) is 21.6 Å². The van der Waals surface area contributed by atoms with Crippen LogP contribution in [0.5, 0.6) is 5.75 Å². The molecule has 0 aliphatic rings. The normalized spacial score (nSPS) is 11.9. The molecule has 2 N–H and O–H groups in total. The predicted octanol–water partition coefficient (Wildman–Crippen LogP) is 7.12. The van der Waals surface area contributed by atoms with Crippen LogP contribution in [0.2, 0.25) is 5.02 Å². The Morgan fingerprint density at radius 1 is 1.00 bits per heavy atom. The molecule has 2 aromatic heterocycles. The number of ether oxygens (including phenoxy) is 1. The SMILES string of the molecule is O=S(=O)(Nc1ccc(CNc2cc(-c3ccccc3Cl)nc3c(Br)cnn23)cc1)c1ccc(OC(F)(F)F)cc1. The highest BCUT2D eigenvalue weighted by Gasteiger charge is 2.31. The van der Waals surface area contributed by atoms with Gasteiger partial charge >= 0.3 is 6.36 Å². The third-order valence-corrected chi connectivity index (χ3v) is 7.91. The van der Waals surface area contributed by atoms with Gasteiger partial charge in [0, 0.05) is 28.9 Å². The summed E-state index contributed by atoms with van der Waals surface area (Å²) in [5.41, 5.74) is 3.14. The Bertz CT molecular complexity index is 1780. The van der Waals surface area contributed by atoms with Gasteiger partial charge in [-0.1, -0.05) is 41.9 Å². The van der Waals surface area contributed by atoms with Crippen LogP contribution in [0.1, 0.15) is 5.56 Å². The van der Waals surface area contributed by atoms with E-state index < -0.39 is 22.1 Å². The van der Waals surface area contributed by atoms with Crippen molar-refractivity contribution in [2.45, 2.75) is 17.8 Å². The number of aromatic nitrogens is 3. The molecule has 206 valence electrons. The van der Waals surface area contributed by atoms with Crippen LogP contribution in [0, 0.1) is 0 Å². The topological polar surface area (TPSA) is 97.6 Å². The zero-order chi connectivity index (χ0) is 28.5. The van der Waals surface area contributed by atoms with Crippen molar-refractivity contribution in [1.82, 2.24) is 14.6 Å². The van der Waals surface area contributed by atoms with Crippen LogP contribution in [0.25, 0.3) is 16.9 Å². The molecule has 0 atom stereocenters. The number of alkyl halides is 3. The number of hydrogen-bond donors (Lipinski definition) is 2. The first-order chi connectivity index (χ1) is 19.0. The summed E-state index contributed by atoms with van der Waals surface area (Å²) in [7, 11) is -4.03. The van der Waals surface area contributed by atoms with Crippen molar-refractivity contribution in [2.24, 2.45) is 0 Å². The maximum atomic E-state index is 12.7. The molecule has 5 rings (SSSR count). The molecule has 0 amide bonds. The maximum Gasteiger partial charge on any atom is 0.573 e. The third kappa shape index (κ3) is 6.32. The molecular formula is C26H18BrClF3N5O3S. The number of fused-ring (bicyclic) bond motifs is 1. The molecule has 8 nitrogen and oxygen atoms in total. The fraction of sp³-hybridized carbons (Fsp3) is 0.0769. The highest BCUT2D eigenvalue weighted by Crippen LogP contribution is 2.31. The van der Waals surface area contributed by atoms with Gasteiger partial charge in [0.05, 0.1) is 21.3 Å². The van der Waals surface area contributed by atoms with Crippen molar-refractivity contribution in [1.29, 1.82) is 0 Å². The number of anilines is 2. The van der Waals surface area contributed by atoms with Crippen molar-refractivity contribution in [3.05, 3.63) is 100 Å². The number of sulfonamides is 1. The highest BCUT2D eigenvalue weighted by atomic mass is 79.9. The Kier molecular flexibility index (Phi) is 7.62. The second-order valence-corrected chi connectivity index (χ2v) is 11.4. The van der Waals surface area contributed by atoms with Crippen LogP contribution in [0.3, 0.4) is 0 Å². The summed E-state index contributed by atoms with van der Waals surface area (Å²) in [4.78, 5) is 4.47. The summed E-state index contributed by atoms with van der Waals surface area (Å²) in [6, 6.07) is 19.8. The predicted molar refractivity (Wildman–Crippen MR) is 149 cm³/mol. The molecular weight excluding hydrogens is 635 g/mol. The van der Waals surface area contributed by atoms with Gasteiger partial charge in [0.15, 0.2) is 5.65 Å². The van der Waals surface area contributed by atoms with Crippen molar-refractivity contribution < 1.29 is 26.3 Å². The third-order valence-electron chi connectivity index (χ3n) is 5.63. The molecule has 0 radical (unpaired) electrons. The van der Waals surface area contributed by atoms with E-state index in [0.717, 1.165) is 35.4 Å². The van der Waals surface area contributed by atoms with E-state index in [1.165, 1.54) is 0 Å². The monoisotopic (exact) mass is 651 g/mol. The molecule has 0 saturated heterocycles. The second kappa shape index (κ2) is 11.0. The smallest absolute Gasteiger partial charge is 0.406 e. The number of rotatable bonds is 8. The van der Waals surface area contributed by atoms with Crippen molar-refractivity contribution >= 4 is 54.7 Å². The Labute approximate surface area is 239 Å². The van der Waals surface area contributed by atoms with Crippen LogP contribution in [-0.4, -0.2) is 29.4 Å². The first kappa shape index (κ1) is 27.7. The van der Waals surface area contributed by atoms with Crippen LogP contribution in [0.4, 0.5) is 24.7 Å². The van der Waals surface area contributed by atoms with Crippen molar-refractivity contribution in [3.63, 3.8) is 0 Å². The largest absolute Gasteiger partial charge is 0.573 e. The molecule has 0 aliphatic carbocycles. The molecule has 5 aromatic rings. The summed E-state index contributed by atoms with van der Waals surface area (Å²) in [5, 5.41) is 8.25. The summed E-state index contributed by atoms with van der Waals surface area (Å²) >= 11 is 9.86. The van der Waals surface area contributed by atoms with Gasteiger partial charge in [-0.2, -0.15) is 9.61 Å². The summed E-state index contributed by atoms with van der Waals surface area (Å²) in [5.74, 6) is 0.143. The van der Waals surface area contributed by atoms with E-state index in [2.05, 4.69) is 40.8 Å². The number of hydrogen-bond acceptors (Lipinski definition) is 6. The highest BCUT2D eigenvalue weighted by molar-refractivity contribution is 9.10. The van der Waals surface area contributed by atoms with Crippen molar-refractivity contribution in [3.8, 4) is 17.0 Å². The molecule has 14 heteroatoms. The molecule has 0 aliphatic heterocycles. The molecule has 40 heavy (non-hydrogen) atoms. The first-order valence-electron chi connectivity index (χ1n) is 11.5. The zero-order valence-corrected chi connectivity index (χ0v) is 23.3. The molecule has 3 aromatic carbocycles. The van der Waals surface area contributed by atoms with Crippen molar-refractivity contribution in [2.75, 3.05) is 10.0 Å². The van der Waals surface area contributed by atoms with E-state index in [4.69, 9.17) is 11.6 Å². The summed E-state index contributed by atoms with van der Waals surface area (Å²) in [6.07, 6.45) is -3.23. The lowest BCUT2D eigenvalue weighted by molar-refractivity contribution is -0.274. The van der Waals surface area contributed by atoms with Gasteiger partial charge < -0.3 is 10.1 Å². The van der Waals surface area contributed by atoms with Gasteiger partial charge in [-0.15, -0.1) is 13.2 Å². The zero-order valence-electron chi connectivity index (χ0n) is 20.2. The van der Waals surface area contributed by atoms with Gasteiger partial charge in [-0.05, 0) is 64.0 Å². The van der Waals surface area contributed by atoms with Gasteiger partial charge in [-0.3, -0.25) is 4.72 Å². The molecule has 0 fully saturated rings. The number of nitrogens with zero attached hydrogens (tertiary/aromatic N) is 3. The van der Waals surface area contributed by atoms with E-state index >= 15 is 0 Å². The number of nitrogens with one attached hydrogen (secondary N) is 2. The van der Waals surface area contributed by atoms with Gasteiger partial charge in [-0.25, -0.2) is 13.4 Å². The van der Waals surface area contributed by atoms with Gasteiger partial charge in [0.1, 0.15) is 11.6 Å². The van der Waals surface area contributed by atoms with E-state index in [0.29, 0.717) is 33.2 Å². The van der Waals surface area contributed by atoms with Gasteiger partial charge in [0.2, 0.25) is 0 Å². The summed E-state index contributed by atoms with van der Waals surface area (Å²) < 4.78 is 71.0. The quantitative estimate of drug-likeness (QED) is 0.185. The Hall–Kier alpha value is -3.81. The van der Waals surface area contributed by atoms with E-state index in [1.807, 2.05) is 24.3 Å². The average molecular weight is 653 g/mol. The average Bonchev–Trinajstić information content (AvgIpc) is 3.28. The Balaban J connectivity index is 1.30. The fourth-order valence-corrected chi connectivity index (χ4v) is 5.43. The minimum Gasteiger partial charge on any atom is -0.406 e. The lowest BCUT2D eigenvalue weighted by Crippen LogP contribution is -2.17. The first-order valence-corrected chi connectivity index (χ1v) is 14.1. The molecule has 0 unspecified atom stereocenters. The Morgan fingerprint density at radius 3 is 2.38 bits per heavy atom. The maximum absolute atomic E-state index is 12.7. The molecule has 0 bridgehead atoms. The summed E-state index contributed by atoms with van der Waals surface area (Å²) in [6.45, 7) is 0.381. The number of benzene rings is 3. The second-order valence-electron chi connectivity index (χ2n) is 8.41. The van der Waals surface area contributed by atoms with Crippen LogP contribution in [0.15, 0.2) is 94.4 Å². The molecule has 0 spiro atoms. The number of halogens is 5. The lowest BCUT2D eigenvalue weighted by Gasteiger charge is -2.13. The minimum absolute atomic E-state index is 0.214. The Morgan fingerprint density at radius 2 is 1.70 bits per heavy atom. The molecule has 0 saturated carbocycles. The van der Waals surface area contributed by atoms with Gasteiger partial charge in [0.25, 0.3) is 10.0 Å².